The molecule has 9 N–H and O–H groups in total. The summed E-state index contributed by atoms with van der Waals surface area (Å²) in [5, 5.41) is 21.4. The van der Waals surface area contributed by atoms with Gasteiger partial charge in [-0.15, -0.1) is 0 Å². The van der Waals surface area contributed by atoms with Gasteiger partial charge in [0.1, 0.15) is 13.6 Å². The van der Waals surface area contributed by atoms with Gasteiger partial charge in [-0.1, -0.05) is 144 Å². The number of rotatable bonds is 33. The van der Waals surface area contributed by atoms with Gasteiger partial charge in [0, 0.05) is 50.4 Å². The van der Waals surface area contributed by atoms with Gasteiger partial charge >= 0.3 is 23.9 Å². The molecule has 0 radical (unpaired) electrons. The van der Waals surface area contributed by atoms with Crippen molar-refractivity contribution in [2.75, 3.05) is 58.5 Å². The van der Waals surface area contributed by atoms with Gasteiger partial charge in [-0.25, -0.2) is 9.97 Å². The summed E-state index contributed by atoms with van der Waals surface area (Å²) < 4.78 is 15.9. The van der Waals surface area contributed by atoms with Crippen LogP contribution in [-0.2, 0) is 47.8 Å². The average Bonchev–Trinajstić information content (AvgIpc) is 3.44. The van der Waals surface area contributed by atoms with Crippen LogP contribution < -0.4 is 32.7 Å². The molecule has 0 saturated heterocycles. The van der Waals surface area contributed by atoms with Crippen LogP contribution in [0.2, 0.25) is 5.31 Å². The molecule has 0 spiro atoms. The molecular weight excluding hydrogens is 1060 g/mol. The van der Waals surface area contributed by atoms with Crippen LogP contribution >= 0.6 is 0 Å². The third-order valence-corrected chi connectivity index (χ3v) is 18.9. The second-order valence-electron chi connectivity index (χ2n) is 28.5. The van der Waals surface area contributed by atoms with Crippen LogP contribution in [0, 0.1) is 79.3 Å². The summed E-state index contributed by atoms with van der Waals surface area (Å²) in [6, 6.07) is 0. The Bertz CT molecular complexity index is 2480. The maximum atomic E-state index is 14.5. The first-order chi connectivity index (χ1) is 37.6. The number of carbonyl (C=O) groups excluding carboxylic acids is 8. The lowest BCUT2D eigenvalue weighted by molar-refractivity contribution is -0.171. The number of amides is 4. The molecule has 1 aromatic heterocycles. The number of hydrogen-bond acceptors (Lipinski definition) is 16. The van der Waals surface area contributed by atoms with Crippen molar-refractivity contribution in [3.63, 3.8) is 0 Å². The topological polar surface area (TPSA) is 327 Å². The molecule has 0 aliphatic carbocycles. The van der Waals surface area contributed by atoms with Crippen molar-refractivity contribution in [2.24, 2.45) is 79.3 Å². The van der Waals surface area contributed by atoms with Crippen molar-refractivity contribution in [1.82, 2.24) is 31.2 Å². The number of Topliss-reactive ketones (excluding diaryl/α,β-unsaturated/α-hetero) is 1. The fraction of sp³-hybridized carbons (Fsp3) is 0.787. The summed E-state index contributed by atoms with van der Waals surface area (Å²) in [5.41, 5.74) is 5.68. The quantitative estimate of drug-likeness (QED) is 0.0158. The number of esters is 3. The lowest BCUT2D eigenvalue weighted by Crippen LogP contribution is -2.55. The molecular formula is C61H107BN8O13. The van der Waals surface area contributed by atoms with Gasteiger partial charge in [0.15, 0.2) is 23.0 Å². The van der Waals surface area contributed by atoms with Crippen LogP contribution in [0.5, 0.6) is 0 Å². The zero-order valence-electron chi connectivity index (χ0n) is 55.0. The molecule has 0 aliphatic rings. The number of nitrogens with two attached hydrogens (primary N) is 2. The number of hydrogen-bond donors (Lipinski definition) is 7. The molecule has 0 aliphatic heterocycles. The van der Waals surface area contributed by atoms with Crippen molar-refractivity contribution in [1.29, 1.82) is 0 Å². The van der Waals surface area contributed by atoms with E-state index in [-0.39, 0.29) is 68.9 Å². The molecule has 1 heterocycles. The highest BCUT2D eigenvalue weighted by atomic mass is 16.5. The van der Waals surface area contributed by atoms with Crippen LogP contribution in [0.4, 0.5) is 11.6 Å². The Kier molecular flexibility index (Phi) is 26.6. The standard InChI is InChI=1S/C61H107BN8O13/c1-24-26-39(71)34(3)56(10,11)33-38(58(14,15)60(18,19)43(53(80)82-23)61(20,21)62)47(73)66-28-30-68-49(75)41-45(64)69-40(44(63)70-41)48(74)67-29-27-65-46(72)36(32-55(8,9)35(4)51(78)83-25-2)31-37(50(76)77)57(12,13)59(16,17)42(52(79)81-22)54(5,6)7/h34-38,42-43H,24-33,62H2,1-23H3,(H2,63,70)(H2,64,69)(H,65,72)(H,66,73)(H,67,74)(H,68,75)(H,76,77). The summed E-state index contributed by atoms with van der Waals surface area (Å²) in [6.45, 7) is 39.2. The number of carboxylic acids is 1. The van der Waals surface area contributed by atoms with Crippen molar-refractivity contribution in [3.8, 4) is 0 Å². The second kappa shape index (κ2) is 29.3. The number of ketones is 1. The molecule has 1 rings (SSSR count). The Balaban J connectivity index is 3.42. The van der Waals surface area contributed by atoms with Gasteiger partial charge in [0.25, 0.3) is 11.8 Å². The molecule has 1 aromatic rings. The maximum absolute atomic E-state index is 14.5. The number of carbonyl (C=O) groups is 9. The van der Waals surface area contributed by atoms with Crippen LogP contribution in [0.1, 0.15) is 198 Å². The molecule has 7 atom stereocenters. The largest absolute Gasteiger partial charge is 0.481 e. The third kappa shape index (κ3) is 18.6. The van der Waals surface area contributed by atoms with Crippen molar-refractivity contribution in [3.05, 3.63) is 11.4 Å². The van der Waals surface area contributed by atoms with Gasteiger partial charge in [0.05, 0.1) is 44.5 Å². The molecule has 83 heavy (non-hydrogen) atoms. The van der Waals surface area contributed by atoms with Crippen molar-refractivity contribution >= 4 is 72.8 Å². The zero-order chi connectivity index (χ0) is 65.0. The number of carboxylic acid groups (broad SMARTS) is 1. The minimum atomic E-state index is -1.17. The Morgan fingerprint density at radius 3 is 1.35 bits per heavy atom. The van der Waals surface area contributed by atoms with Gasteiger partial charge in [0.2, 0.25) is 11.8 Å². The minimum Gasteiger partial charge on any atom is -0.481 e. The first kappa shape index (κ1) is 75.2. The van der Waals surface area contributed by atoms with Crippen molar-refractivity contribution < 1.29 is 62.5 Å². The number of methoxy groups -OCH3 is 2. The minimum absolute atomic E-state index is 0.0294. The Morgan fingerprint density at radius 2 is 0.952 bits per heavy atom. The van der Waals surface area contributed by atoms with E-state index in [2.05, 4.69) is 31.2 Å². The predicted molar refractivity (Wildman–Crippen MR) is 324 cm³/mol. The molecule has 21 nitrogen and oxygen atoms in total. The molecule has 0 bridgehead atoms. The molecule has 22 heteroatoms. The Morgan fingerprint density at radius 1 is 0.554 bits per heavy atom. The molecule has 4 amide bonds. The van der Waals surface area contributed by atoms with Crippen molar-refractivity contribution in [2.45, 2.75) is 183 Å². The highest BCUT2D eigenvalue weighted by Gasteiger charge is 2.58. The number of ether oxygens (including phenoxy) is 3. The third-order valence-electron chi connectivity index (χ3n) is 18.9. The monoisotopic (exact) mass is 1170 g/mol. The summed E-state index contributed by atoms with van der Waals surface area (Å²) >= 11 is 0. The number of aliphatic carboxylic acids is 1. The van der Waals surface area contributed by atoms with E-state index in [0.29, 0.717) is 19.3 Å². The van der Waals surface area contributed by atoms with Crippen LogP contribution in [-0.4, -0.2) is 123 Å². The average molecular weight is 1170 g/mol. The number of nitrogen functional groups attached to an aromatic ring is 2. The number of anilines is 2. The van der Waals surface area contributed by atoms with E-state index in [9.17, 15) is 48.3 Å². The van der Waals surface area contributed by atoms with Gasteiger partial charge in [-0.2, -0.15) is 0 Å². The van der Waals surface area contributed by atoms with E-state index < -0.39 is 138 Å². The molecule has 472 valence electrons. The van der Waals surface area contributed by atoms with E-state index in [4.69, 9.17) is 25.7 Å². The SMILES string of the molecule is BC(C)(C)C(C(=O)OC)C(C)(C)C(C)(C)C(CC(C)(C)C(C)C(=O)CCC)C(=O)NCCNC(=O)c1nc(N)c(C(=O)NCCNC(=O)C(CC(C(=O)O)C(C)(C)C(C)(C)C(C(=O)OC)C(C)(C)C)CC(C)(C)C(C)C(=O)OCC)nc1N. The van der Waals surface area contributed by atoms with Crippen LogP contribution in [0.3, 0.4) is 0 Å². The first-order valence-corrected chi connectivity index (χ1v) is 29.3. The predicted octanol–water partition coefficient (Wildman–Crippen LogP) is 7.25. The van der Waals surface area contributed by atoms with E-state index in [1.165, 1.54) is 14.2 Å². The molecule has 0 aromatic carbocycles. The van der Waals surface area contributed by atoms with E-state index in [0.717, 1.165) is 0 Å². The summed E-state index contributed by atoms with van der Waals surface area (Å²) in [5.74, 6) is -11.0. The number of aromatic nitrogens is 2. The van der Waals surface area contributed by atoms with E-state index in [1.54, 1.807) is 41.5 Å². The fourth-order valence-corrected chi connectivity index (χ4v) is 12.2. The number of nitrogens with one attached hydrogen (secondary N) is 4. The van der Waals surface area contributed by atoms with E-state index in [1.807, 2.05) is 112 Å². The van der Waals surface area contributed by atoms with Crippen LogP contribution in [0.15, 0.2) is 0 Å². The van der Waals surface area contributed by atoms with Gasteiger partial charge < -0.3 is 52.1 Å². The maximum Gasteiger partial charge on any atom is 0.309 e. The van der Waals surface area contributed by atoms with Gasteiger partial charge in [-0.05, 0) is 70.5 Å². The Labute approximate surface area is 496 Å². The smallest absolute Gasteiger partial charge is 0.309 e. The number of nitrogens with zero attached hydrogens (tertiary/aromatic N) is 2. The van der Waals surface area contributed by atoms with Gasteiger partial charge in [-0.3, -0.25) is 43.2 Å². The van der Waals surface area contributed by atoms with Crippen LogP contribution in [0.25, 0.3) is 0 Å². The summed E-state index contributed by atoms with van der Waals surface area (Å²) in [4.78, 5) is 130. The normalized spacial score (nSPS) is 15.5. The Hall–Kier alpha value is -5.83. The molecule has 7 unspecified atom stereocenters. The zero-order valence-corrected chi connectivity index (χ0v) is 55.0. The lowest BCUT2D eigenvalue weighted by Gasteiger charge is -2.54. The first-order valence-electron chi connectivity index (χ1n) is 29.3. The summed E-state index contributed by atoms with van der Waals surface area (Å²) in [6.07, 6.45) is 1.31. The summed E-state index contributed by atoms with van der Waals surface area (Å²) in [7, 11) is 4.60. The molecule has 0 saturated carbocycles. The molecule has 0 fully saturated rings. The highest BCUT2D eigenvalue weighted by molar-refractivity contribution is 6.16. The fourth-order valence-electron chi connectivity index (χ4n) is 12.2. The lowest BCUT2D eigenvalue weighted by atomic mass is 9.46. The highest BCUT2D eigenvalue weighted by Crippen LogP contribution is 2.59. The second-order valence-corrected chi connectivity index (χ2v) is 28.5. The van der Waals surface area contributed by atoms with E-state index >= 15 is 0 Å².